The van der Waals surface area contributed by atoms with Crippen molar-refractivity contribution in [2.75, 3.05) is 17.1 Å². The summed E-state index contributed by atoms with van der Waals surface area (Å²) in [5.41, 5.74) is 3.03. The number of carbonyl (C=O) groups is 2. The molecule has 0 unspecified atom stereocenters. The Hall–Kier alpha value is -3.36. The van der Waals surface area contributed by atoms with E-state index in [1.54, 1.807) is 24.3 Å². The molecule has 0 saturated carbocycles. The minimum Gasteiger partial charge on any atom is -0.352 e. The molecule has 3 rings (SSSR count). The summed E-state index contributed by atoms with van der Waals surface area (Å²) in [5, 5.41) is 3.39. The third-order valence-corrected chi connectivity index (χ3v) is 7.49. The number of rotatable bonds is 11. The van der Waals surface area contributed by atoms with E-state index in [4.69, 9.17) is 11.6 Å². The van der Waals surface area contributed by atoms with Crippen LogP contribution in [-0.4, -0.2) is 50.0 Å². The quantitative estimate of drug-likeness (QED) is 0.375. The smallest absolute Gasteiger partial charge is 0.244 e. The van der Waals surface area contributed by atoms with Gasteiger partial charge in [-0.3, -0.25) is 13.9 Å². The number of hydrogen-bond acceptors (Lipinski definition) is 4. The Bertz CT molecular complexity index is 1350. The highest BCUT2D eigenvalue weighted by Crippen LogP contribution is 2.23. The van der Waals surface area contributed by atoms with Crippen LogP contribution in [0, 0.1) is 6.92 Å². The number of sulfonamides is 1. The monoisotopic (exact) mass is 555 g/mol. The second-order valence-electron chi connectivity index (χ2n) is 9.56. The molecule has 7 nitrogen and oxygen atoms in total. The standard InChI is InChI=1S/C29H34ClN3O4S/c1-21(2)31-29(35)27(18-23-11-6-5-7-12-23)32(19-24-13-9-8-10-22(24)3)28(34)20-33(38(4,36)37)26-16-14-25(30)15-17-26/h5-17,21,27H,18-20H2,1-4H3,(H,31,35)/t27-/m1/s1. The van der Waals surface area contributed by atoms with Crippen LogP contribution in [0.4, 0.5) is 5.69 Å². The van der Waals surface area contributed by atoms with Gasteiger partial charge in [0, 0.05) is 24.0 Å². The first-order valence-electron chi connectivity index (χ1n) is 12.4. The van der Waals surface area contributed by atoms with Gasteiger partial charge in [0.05, 0.1) is 11.9 Å². The Morgan fingerprint density at radius 2 is 1.53 bits per heavy atom. The van der Waals surface area contributed by atoms with E-state index in [2.05, 4.69) is 5.32 Å². The van der Waals surface area contributed by atoms with Crippen molar-refractivity contribution in [3.63, 3.8) is 0 Å². The molecular formula is C29H34ClN3O4S. The van der Waals surface area contributed by atoms with Crippen LogP contribution in [0.3, 0.4) is 0 Å². The van der Waals surface area contributed by atoms with E-state index in [1.807, 2.05) is 75.4 Å². The van der Waals surface area contributed by atoms with E-state index in [1.165, 1.54) is 4.90 Å². The largest absolute Gasteiger partial charge is 0.352 e. The molecule has 3 aromatic carbocycles. The minimum atomic E-state index is -3.82. The van der Waals surface area contributed by atoms with Crippen LogP contribution in [0.15, 0.2) is 78.9 Å². The first kappa shape index (κ1) is 29.2. The maximum atomic E-state index is 14.0. The number of amides is 2. The van der Waals surface area contributed by atoms with Gasteiger partial charge >= 0.3 is 0 Å². The molecule has 0 radical (unpaired) electrons. The number of nitrogens with one attached hydrogen (secondary N) is 1. The maximum Gasteiger partial charge on any atom is 0.244 e. The van der Waals surface area contributed by atoms with Crippen LogP contribution in [-0.2, 0) is 32.6 Å². The molecule has 0 heterocycles. The second-order valence-corrected chi connectivity index (χ2v) is 11.9. The van der Waals surface area contributed by atoms with E-state index in [-0.39, 0.29) is 24.9 Å². The lowest BCUT2D eigenvalue weighted by molar-refractivity contribution is -0.140. The summed E-state index contributed by atoms with van der Waals surface area (Å²) in [6.07, 6.45) is 1.32. The van der Waals surface area contributed by atoms with Crippen molar-refractivity contribution in [3.05, 3.63) is 101 Å². The minimum absolute atomic E-state index is 0.141. The fourth-order valence-corrected chi connectivity index (χ4v) is 5.10. The summed E-state index contributed by atoms with van der Waals surface area (Å²) in [6.45, 7) is 5.34. The molecule has 0 spiro atoms. The van der Waals surface area contributed by atoms with Gasteiger partial charge in [0.2, 0.25) is 21.8 Å². The fourth-order valence-electron chi connectivity index (χ4n) is 4.13. The molecular weight excluding hydrogens is 522 g/mol. The summed E-state index contributed by atoms with van der Waals surface area (Å²) in [7, 11) is -3.82. The fraction of sp³-hybridized carbons (Fsp3) is 0.310. The molecule has 9 heteroatoms. The van der Waals surface area contributed by atoms with Crippen LogP contribution >= 0.6 is 11.6 Å². The Balaban J connectivity index is 2.06. The van der Waals surface area contributed by atoms with E-state index >= 15 is 0 Å². The summed E-state index contributed by atoms with van der Waals surface area (Å²) < 4.78 is 26.6. The van der Waals surface area contributed by atoms with Crippen LogP contribution in [0.1, 0.15) is 30.5 Å². The summed E-state index contributed by atoms with van der Waals surface area (Å²) in [4.78, 5) is 29.0. The number of aryl methyl sites for hydroxylation is 1. The van der Waals surface area contributed by atoms with Gasteiger partial charge in [-0.1, -0.05) is 66.2 Å². The highest BCUT2D eigenvalue weighted by Gasteiger charge is 2.33. The number of hydrogen-bond donors (Lipinski definition) is 1. The maximum absolute atomic E-state index is 14.0. The van der Waals surface area contributed by atoms with Crippen LogP contribution in [0.5, 0.6) is 0 Å². The van der Waals surface area contributed by atoms with Crippen molar-refractivity contribution in [2.45, 2.75) is 45.8 Å². The Morgan fingerprint density at radius 3 is 2.11 bits per heavy atom. The topological polar surface area (TPSA) is 86.8 Å². The van der Waals surface area contributed by atoms with Gasteiger partial charge in [-0.2, -0.15) is 0 Å². The van der Waals surface area contributed by atoms with Crippen molar-refractivity contribution in [1.82, 2.24) is 10.2 Å². The number of benzene rings is 3. The first-order valence-corrected chi connectivity index (χ1v) is 14.6. The molecule has 38 heavy (non-hydrogen) atoms. The SMILES string of the molecule is Cc1ccccc1CN(C(=O)CN(c1ccc(Cl)cc1)S(C)(=O)=O)[C@H](Cc1ccccc1)C(=O)NC(C)C. The number of nitrogens with zero attached hydrogens (tertiary/aromatic N) is 2. The zero-order chi connectivity index (χ0) is 27.9. The van der Waals surface area contributed by atoms with E-state index in [0.29, 0.717) is 10.7 Å². The van der Waals surface area contributed by atoms with Crippen LogP contribution < -0.4 is 9.62 Å². The van der Waals surface area contributed by atoms with Gasteiger partial charge in [0.15, 0.2) is 0 Å². The first-order chi connectivity index (χ1) is 18.0. The molecule has 0 bridgehead atoms. The molecule has 0 fully saturated rings. The lowest BCUT2D eigenvalue weighted by Crippen LogP contribution is -2.54. The second kappa shape index (κ2) is 12.9. The lowest BCUT2D eigenvalue weighted by atomic mass is 10.0. The number of halogens is 1. The molecule has 0 aliphatic carbocycles. The Labute approximate surface area is 230 Å². The van der Waals surface area contributed by atoms with Crippen LogP contribution in [0.25, 0.3) is 0 Å². The molecule has 1 N–H and O–H groups in total. The molecule has 3 aromatic rings. The molecule has 0 aromatic heterocycles. The van der Waals surface area contributed by atoms with Crippen molar-refractivity contribution in [1.29, 1.82) is 0 Å². The molecule has 0 aliphatic rings. The molecule has 2 amide bonds. The molecule has 0 aliphatic heterocycles. The molecule has 202 valence electrons. The van der Waals surface area contributed by atoms with Gasteiger partial charge in [0.1, 0.15) is 12.6 Å². The third kappa shape index (κ3) is 8.07. The van der Waals surface area contributed by atoms with E-state index in [0.717, 1.165) is 27.3 Å². The van der Waals surface area contributed by atoms with Gasteiger partial charge in [-0.05, 0) is 61.7 Å². The van der Waals surface area contributed by atoms with Gasteiger partial charge in [0.25, 0.3) is 0 Å². The van der Waals surface area contributed by atoms with Crippen molar-refractivity contribution < 1.29 is 18.0 Å². The predicted molar refractivity (Wildman–Crippen MR) is 153 cm³/mol. The van der Waals surface area contributed by atoms with Gasteiger partial charge < -0.3 is 10.2 Å². The van der Waals surface area contributed by atoms with E-state index in [9.17, 15) is 18.0 Å². The molecule has 1 atom stereocenters. The highest BCUT2D eigenvalue weighted by molar-refractivity contribution is 7.92. The lowest BCUT2D eigenvalue weighted by Gasteiger charge is -2.34. The summed E-state index contributed by atoms with van der Waals surface area (Å²) in [6, 6.07) is 22.3. The average molecular weight is 556 g/mol. The number of anilines is 1. The highest BCUT2D eigenvalue weighted by atomic mass is 35.5. The number of carbonyl (C=O) groups excluding carboxylic acids is 2. The zero-order valence-corrected chi connectivity index (χ0v) is 23.7. The zero-order valence-electron chi connectivity index (χ0n) is 22.1. The predicted octanol–water partition coefficient (Wildman–Crippen LogP) is 4.58. The van der Waals surface area contributed by atoms with E-state index < -0.39 is 28.5 Å². The van der Waals surface area contributed by atoms with Gasteiger partial charge in [-0.25, -0.2) is 8.42 Å². The van der Waals surface area contributed by atoms with Gasteiger partial charge in [-0.15, -0.1) is 0 Å². The van der Waals surface area contributed by atoms with Crippen molar-refractivity contribution in [2.24, 2.45) is 0 Å². The van der Waals surface area contributed by atoms with Crippen LogP contribution in [0.2, 0.25) is 5.02 Å². The third-order valence-electron chi connectivity index (χ3n) is 6.10. The van der Waals surface area contributed by atoms with Crippen molar-refractivity contribution >= 4 is 39.1 Å². The average Bonchev–Trinajstić information content (AvgIpc) is 2.85. The van der Waals surface area contributed by atoms with Crippen molar-refractivity contribution in [3.8, 4) is 0 Å². The summed E-state index contributed by atoms with van der Waals surface area (Å²) >= 11 is 6.00. The Morgan fingerprint density at radius 1 is 0.921 bits per heavy atom. The normalized spacial score (nSPS) is 12.2. The molecule has 0 saturated heterocycles. The Kier molecular flexibility index (Phi) is 9.94. The summed E-state index contributed by atoms with van der Waals surface area (Å²) in [5.74, 6) is -0.795.